The summed E-state index contributed by atoms with van der Waals surface area (Å²) in [5.74, 6) is 0.628. The molecule has 0 aliphatic carbocycles. The van der Waals surface area contributed by atoms with Gasteiger partial charge in [-0.05, 0) is 49.2 Å². The number of methoxy groups -OCH3 is 1. The maximum absolute atomic E-state index is 13.4. The number of aromatic nitrogens is 2. The number of benzene rings is 2. The van der Waals surface area contributed by atoms with Crippen LogP contribution >= 0.6 is 0 Å². The molecular formula is C22H25N3O4. The van der Waals surface area contributed by atoms with E-state index in [2.05, 4.69) is 5.32 Å². The van der Waals surface area contributed by atoms with Crippen LogP contribution in [0.3, 0.4) is 0 Å². The van der Waals surface area contributed by atoms with Crippen molar-refractivity contribution in [1.82, 2.24) is 14.5 Å². The second-order valence-electron chi connectivity index (χ2n) is 7.32. The number of nitrogens with zero attached hydrogens (tertiary/aromatic N) is 2. The zero-order valence-electron chi connectivity index (χ0n) is 17.0. The van der Waals surface area contributed by atoms with Crippen LogP contribution in [-0.2, 0) is 4.79 Å². The lowest BCUT2D eigenvalue weighted by Crippen LogP contribution is -2.44. The van der Waals surface area contributed by atoms with E-state index in [4.69, 9.17) is 4.74 Å². The molecule has 2 aromatic carbocycles. The van der Waals surface area contributed by atoms with Gasteiger partial charge < -0.3 is 10.1 Å². The molecule has 0 aliphatic heterocycles. The van der Waals surface area contributed by atoms with Crippen molar-refractivity contribution in [3.63, 3.8) is 0 Å². The van der Waals surface area contributed by atoms with Gasteiger partial charge in [-0.3, -0.25) is 14.2 Å². The summed E-state index contributed by atoms with van der Waals surface area (Å²) in [6, 6.07) is 12.7. The highest BCUT2D eigenvalue weighted by atomic mass is 16.5. The van der Waals surface area contributed by atoms with Gasteiger partial charge in [-0.2, -0.15) is 0 Å². The Kier molecular flexibility index (Phi) is 5.87. The van der Waals surface area contributed by atoms with E-state index < -0.39 is 17.3 Å². The predicted molar refractivity (Wildman–Crippen MR) is 113 cm³/mol. The van der Waals surface area contributed by atoms with Crippen LogP contribution in [0.4, 0.5) is 0 Å². The Morgan fingerprint density at radius 3 is 2.31 bits per heavy atom. The quantitative estimate of drug-likeness (QED) is 0.695. The number of carbonyl (C=O) groups is 1. The number of para-hydroxylation sites is 1. The van der Waals surface area contributed by atoms with Gasteiger partial charge in [0.1, 0.15) is 11.8 Å². The van der Waals surface area contributed by atoms with Crippen LogP contribution in [0.1, 0.15) is 26.8 Å². The van der Waals surface area contributed by atoms with Gasteiger partial charge in [0.25, 0.3) is 5.56 Å². The molecule has 1 heterocycles. The van der Waals surface area contributed by atoms with Gasteiger partial charge in [0.2, 0.25) is 5.91 Å². The van der Waals surface area contributed by atoms with Crippen molar-refractivity contribution >= 4 is 16.8 Å². The van der Waals surface area contributed by atoms with Crippen LogP contribution in [0.25, 0.3) is 16.6 Å². The van der Waals surface area contributed by atoms with Crippen molar-refractivity contribution in [2.24, 2.45) is 5.92 Å². The van der Waals surface area contributed by atoms with Gasteiger partial charge >= 0.3 is 5.69 Å². The van der Waals surface area contributed by atoms with E-state index in [1.807, 2.05) is 13.8 Å². The third kappa shape index (κ3) is 3.94. The van der Waals surface area contributed by atoms with Gasteiger partial charge in [-0.25, -0.2) is 9.36 Å². The number of fused-ring (bicyclic) bond motifs is 1. The van der Waals surface area contributed by atoms with E-state index in [0.717, 1.165) is 4.57 Å². The lowest BCUT2D eigenvalue weighted by Gasteiger charge is -2.20. The van der Waals surface area contributed by atoms with Gasteiger partial charge in [0.05, 0.1) is 23.7 Å². The molecule has 0 radical (unpaired) electrons. The number of carbonyl (C=O) groups excluding carboxylic acids is 1. The molecule has 0 spiro atoms. The van der Waals surface area contributed by atoms with Crippen LogP contribution in [0.2, 0.25) is 0 Å². The second-order valence-corrected chi connectivity index (χ2v) is 7.32. The van der Waals surface area contributed by atoms with E-state index in [-0.39, 0.29) is 11.8 Å². The summed E-state index contributed by atoms with van der Waals surface area (Å²) >= 11 is 0. The molecule has 7 nitrogen and oxygen atoms in total. The van der Waals surface area contributed by atoms with Crippen molar-refractivity contribution in [2.45, 2.75) is 26.8 Å². The van der Waals surface area contributed by atoms with E-state index in [1.54, 1.807) is 62.6 Å². The van der Waals surface area contributed by atoms with Crippen molar-refractivity contribution < 1.29 is 9.53 Å². The molecule has 0 saturated carbocycles. The number of rotatable bonds is 6. The van der Waals surface area contributed by atoms with Gasteiger partial charge in [-0.15, -0.1) is 0 Å². The summed E-state index contributed by atoms with van der Waals surface area (Å²) in [6.45, 7) is 6.16. The highest BCUT2D eigenvalue weighted by Gasteiger charge is 2.22. The molecule has 1 N–H and O–H groups in total. The standard InChI is InChI=1S/C22H25N3O4/c1-14(2)13-23-20(26)15(3)24-19-8-6-5-7-18(19)21(27)25(22(24)28)16-9-11-17(29-4)12-10-16/h5-12,14-15H,13H2,1-4H3,(H,23,26)/t15-/m1/s1. The minimum atomic E-state index is -0.781. The molecule has 7 heteroatoms. The normalized spacial score (nSPS) is 12.2. The average Bonchev–Trinajstić information content (AvgIpc) is 2.72. The summed E-state index contributed by atoms with van der Waals surface area (Å²) in [5, 5.41) is 3.23. The Hall–Kier alpha value is -3.35. The molecule has 0 saturated heterocycles. The molecule has 1 atom stereocenters. The summed E-state index contributed by atoms with van der Waals surface area (Å²) in [4.78, 5) is 39.1. The molecule has 3 rings (SSSR count). The number of ether oxygens (including phenoxy) is 1. The monoisotopic (exact) mass is 395 g/mol. The zero-order valence-corrected chi connectivity index (χ0v) is 17.0. The van der Waals surface area contributed by atoms with Crippen LogP contribution in [0, 0.1) is 5.92 Å². The lowest BCUT2D eigenvalue weighted by molar-refractivity contribution is -0.124. The Balaban J connectivity index is 2.22. The SMILES string of the molecule is COc1ccc(-n2c(=O)c3ccccc3n([C@H](C)C(=O)NCC(C)C)c2=O)cc1. The van der Waals surface area contributed by atoms with Crippen molar-refractivity contribution in [1.29, 1.82) is 0 Å². The maximum atomic E-state index is 13.4. The first kappa shape index (κ1) is 20.4. The second kappa shape index (κ2) is 8.34. The lowest BCUT2D eigenvalue weighted by atomic mass is 10.2. The Morgan fingerprint density at radius 1 is 1.03 bits per heavy atom. The van der Waals surface area contributed by atoms with Gasteiger partial charge in [0, 0.05) is 6.54 Å². The van der Waals surface area contributed by atoms with E-state index in [1.165, 1.54) is 4.57 Å². The molecule has 29 heavy (non-hydrogen) atoms. The summed E-state index contributed by atoms with van der Waals surface area (Å²) in [7, 11) is 1.54. The molecule has 0 aliphatic rings. The minimum Gasteiger partial charge on any atom is -0.497 e. The first-order valence-electron chi connectivity index (χ1n) is 9.53. The molecule has 0 unspecified atom stereocenters. The molecular weight excluding hydrogens is 370 g/mol. The van der Waals surface area contributed by atoms with E-state index in [0.29, 0.717) is 28.9 Å². The third-order valence-electron chi connectivity index (χ3n) is 4.78. The third-order valence-corrected chi connectivity index (χ3v) is 4.78. The summed E-state index contributed by atoms with van der Waals surface area (Å²) in [6.07, 6.45) is 0. The van der Waals surface area contributed by atoms with Crippen molar-refractivity contribution in [3.05, 3.63) is 69.4 Å². The van der Waals surface area contributed by atoms with Crippen molar-refractivity contribution in [2.75, 3.05) is 13.7 Å². The fourth-order valence-electron chi connectivity index (χ4n) is 3.19. The Labute approximate surface area is 168 Å². The largest absolute Gasteiger partial charge is 0.497 e. The molecule has 0 fully saturated rings. The highest BCUT2D eigenvalue weighted by Crippen LogP contribution is 2.17. The van der Waals surface area contributed by atoms with E-state index >= 15 is 0 Å². The molecule has 0 bridgehead atoms. The Bertz CT molecular complexity index is 1140. The summed E-state index contributed by atoms with van der Waals surface area (Å²) < 4.78 is 7.61. The molecule has 1 amide bonds. The average molecular weight is 395 g/mol. The van der Waals surface area contributed by atoms with Crippen LogP contribution in [0.15, 0.2) is 58.1 Å². The topological polar surface area (TPSA) is 82.3 Å². The van der Waals surface area contributed by atoms with Crippen LogP contribution in [0.5, 0.6) is 5.75 Å². The smallest absolute Gasteiger partial charge is 0.336 e. The van der Waals surface area contributed by atoms with Gasteiger partial charge in [-0.1, -0.05) is 26.0 Å². The fourth-order valence-corrected chi connectivity index (χ4v) is 3.19. The number of hydrogen-bond donors (Lipinski definition) is 1. The minimum absolute atomic E-state index is 0.272. The predicted octanol–water partition coefficient (Wildman–Crippen LogP) is 2.49. The number of nitrogens with one attached hydrogen (secondary N) is 1. The first-order chi connectivity index (χ1) is 13.8. The van der Waals surface area contributed by atoms with Crippen molar-refractivity contribution in [3.8, 4) is 11.4 Å². The molecule has 152 valence electrons. The highest BCUT2D eigenvalue weighted by molar-refractivity contribution is 5.84. The first-order valence-corrected chi connectivity index (χ1v) is 9.53. The fraction of sp³-hybridized carbons (Fsp3) is 0.318. The number of amides is 1. The summed E-state index contributed by atoms with van der Waals surface area (Å²) in [5.41, 5.74) is -0.151. The zero-order chi connectivity index (χ0) is 21.1. The number of hydrogen-bond acceptors (Lipinski definition) is 4. The van der Waals surface area contributed by atoms with E-state index in [9.17, 15) is 14.4 Å². The molecule has 3 aromatic rings. The van der Waals surface area contributed by atoms with Crippen LogP contribution < -0.4 is 21.3 Å². The van der Waals surface area contributed by atoms with Crippen LogP contribution in [-0.4, -0.2) is 28.7 Å². The maximum Gasteiger partial charge on any atom is 0.336 e. The Morgan fingerprint density at radius 2 is 1.69 bits per heavy atom. The van der Waals surface area contributed by atoms with Gasteiger partial charge in [0.15, 0.2) is 0 Å². The molecule has 1 aromatic heterocycles.